The summed E-state index contributed by atoms with van der Waals surface area (Å²) in [4.78, 5) is 14.9. The highest BCUT2D eigenvalue weighted by atomic mass is 35.5. The number of esters is 1. The molecule has 0 saturated carbocycles. The predicted octanol–water partition coefficient (Wildman–Crippen LogP) is 1.64. The fourth-order valence-electron chi connectivity index (χ4n) is 1.20. The van der Waals surface area contributed by atoms with E-state index in [4.69, 9.17) is 11.6 Å². The number of aromatic nitrogens is 1. The molecule has 0 spiro atoms. The molecule has 4 nitrogen and oxygen atoms in total. The molecule has 1 aromatic heterocycles. The molecule has 1 heterocycles. The zero-order chi connectivity index (χ0) is 11.4. The summed E-state index contributed by atoms with van der Waals surface area (Å²) in [7, 11) is 1.28. The molecule has 0 fully saturated rings. The van der Waals surface area contributed by atoms with Crippen molar-refractivity contribution < 1.29 is 14.6 Å². The van der Waals surface area contributed by atoms with E-state index in [9.17, 15) is 9.90 Å². The van der Waals surface area contributed by atoms with Crippen molar-refractivity contribution in [2.45, 2.75) is 19.4 Å². The van der Waals surface area contributed by atoms with Crippen LogP contribution in [0, 0.1) is 6.92 Å². The van der Waals surface area contributed by atoms with Gasteiger partial charge in [-0.15, -0.1) is 0 Å². The number of aryl methyl sites for hydroxylation is 1. The third-order valence-corrected chi connectivity index (χ3v) is 2.11. The molecule has 1 N–H and O–H groups in total. The molecule has 0 aliphatic heterocycles. The second kappa shape index (κ2) is 5.09. The second-order valence-corrected chi connectivity index (χ2v) is 3.55. The first-order valence-electron chi connectivity index (χ1n) is 4.42. The molecule has 0 bridgehead atoms. The minimum Gasteiger partial charge on any atom is -0.469 e. The third kappa shape index (κ3) is 3.49. The van der Waals surface area contributed by atoms with Gasteiger partial charge in [0.15, 0.2) is 0 Å². The molecule has 0 aromatic carbocycles. The first-order chi connectivity index (χ1) is 7.02. The maximum Gasteiger partial charge on any atom is 0.308 e. The summed E-state index contributed by atoms with van der Waals surface area (Å²) >= 11 is 5.73. The minimum absolute atomic E-state index is 0.0870. The Morgan fingerprint density at radius 3 is 2.87 bits per heavy atom. The number of aliphatic hydroxyl groups is 1. The zero-order valence-electron chi connectivity index (χ0n) is 8.53. The Morgan fingerprint density at radius 2 is 2.33 bits per heavy atom. The molecule has 0 unspecified atom stereocenters. The zero-order valence-corrected chi connectivity index (χ0v) is 9.28. The number of nitrogens with zero attached hydrogens (tertiary/aromatic N) is 1. The number of ether oxygens (including phenoxy) is 1. The van der Waals surface area contributed by atoms with E-state index in [-0.39, 0.29) is 6.42 Å². The van der Waals surface area contributed by atoms with Crippen LogP contribution >= 0.6 is 11.6 Å². The minimum atomic E-state index is -0.906. The van der Waals surface area contributed by atoms with Crippen LogP contribution in [0.15, 0.2) is 12.1 Å². The van der Waals surface area contributed by atoms with Crippen molar-refractivity contribution in [3.05, 3.63) is 28.5 Å². The highest BCUT2D eigenvalue weighted by Gasteiger charge is 2.14. The summed E-state index contributed by atoms with van der Waals surface area (Å²) in [6, 6.07) is 3.21. The summed E-state index contributed by atoms with van der Waals surface area (Å²) in [6.45, 7) is 1.76. The van der Waals surface area contributed by atoms with Gasteiger partial charge in [0.05, 0.1) is 19.6 Å². The van der Waals surface area contributed by atoms with Gasteiger partial charge in [-0.2, -0.15) is 0 Å². The van der Waals surface area contributed by atoms with Crippen LogP contribution in [0.1, 0.15) is 23.8 Å². The van der Waals surface area contributed by atoms with Gasteiger partial charge in [0.1, 0.15) is 5.15 Å². The number of methoxy groups -OCH3 is 1. The molecule has 82 valence electrons. The Morgan fingerprint density at radius 1 is 1.67 bits per heavy atom. The van der Waals surface area contributed by atoms with Gasteiger partial charge in [-0.3, -0.25) is 4.79 Å². The first kappa shape index (κ1) is 11.9. The summed E-state index contributed by atoms with van der Waals surface area (Å²) < 4.78 is 4.46. The van der Waals surface area contributed by atoms with Crippen molar-refractivity contribution in [1.29, 1.82) is 0 Å². The molecule has 0 aliphatic carbocycles. The summed E-state index contributed by atoms with van der Waals surface area (Å²) in [5.74, 6) is -0.465. The normalized spacial score (nSPS) is 12.3. The summed E-state index contributed by atoms with van der Waals surface area (Å²) in [5, 5.41) is 9.98. The van der Waals surface area contributed by atoms with E-state index in [0.29, 0.717) is 16.4 Å². The highest BCUT2D eigenvalue weighted by molar-refractivity contribution is 6.29. The van der Waals surface area contributed by atoms with Gasteiger partial charge in [-0.25, -0.2) is 4.98 Å². The molecule has 1 rings (SSSR count). The van der Waals surface area contributed by atoms with Gasteiger partial charge in [0.2, 0.25) is 0 Å². The van der Waals surface area contributed by atoms with Gasteiger partial charge < -0.3 is 9.84 Å². The molecule has 15 heavy (non-hydrogen) atoms. The Hall–Kier alpha value is -1.13. The Balaban J connectivity index is 2.81. The van der Waals surface area contributed by atoms with Crippen molar-refractivity contribution >= 4 is 17.6 Å². The average molecular weight is 230 g/mol. The lowest BCUT2D eigenvalue weighted by Crippen LogP contribution is -2.08. The van der Waals surface area contributed by atoms with Gasteiger partial charge in [0.25, 0.3) is 0 Å². The molecule has 0 saturated heterocycles. The van der Waals surface area contributed by atoms with Crippen molar-refractivity contribution in [2.24, 2.45) is 0 Å². The fraction of sp³-hybridized carbons (Fsp3) is 0.400. The number of carbonyl (C=O) groups is 1. The average Bonchev–Trinajstić information content (AvgIpc) is 2.16. The lowest BCUT2D eigenvalue weighted by Gasteiger charge is -2.10. The number of aliphatic hydroxyl groups excluding tert-OH is 1. The smallest absolute Gasteiger partial charge is 0.308 e. The van der Waals surface area contributed by atoms with Crippen LogP contribution in [-0.4, -0.2) is 23.2 Å². The Bertz CT molecular complexity index is 347. The maximum absolute atomic E-state index is 10.9. The number of pyridine rings is 1. The monoisotopic (exact) mass is 229 g/mol. The quantitative estimate of drug-likeness (QED) is 0.632. The van der Waals surface area contributed by atoms with Gasteiger partial charge >= 0.3 is 5.97 Å². The number of hydrogen-bond acceptors (Lipinski definition) is 4. The van der Waals surface area contributed by atoms with Gasteiger partial charge in [-0.05, 0) is 24.6 Å². The molecule has 5 heteroatoms. The van der Waals surface area contributed by atoms with Crippen LogP contribution in [0.4, 0.5) is 0 Å². The lowest BCUT2D eigenvalue weighted by molar-refractivity contribution is -0.142. The van der Waals surface area contributed by atoms with Crippen LogP contribution in [0.25, 0.3) is 0 Å². The van der Waals surface area contributed by atoms with Crippen molar-refractivity contribution in [1.82, 2.24) is 4.98 Å². The van der Waals surface area contributed by atoms with Crippen LogP contribution in [0.2, 0.25) is 5.15 Å². The lowest BCUT2D eigenvalue weighted by atomic mass is 10.1. The molecule has 1 atom stereocenters. The topological polar surface area (TPSA) is 59.4 Å². The van der Waals surface area contributed by atoms with E-state index in [1.54, 1.807) is 13.0 Å². The standard InChI is InChI=1S/C10H12ClNO3/c1-6-3-7(4-9(11)12-6)8(13)5-10(14)15-2/h3-4,8,13H,5H2,1-2H3/t8-/m0/s1. The molecule has 0 amide bonds. The predicted molar refractivity (Wildman–Crippen MR) is 55.6 cm³/mol. The number of hydrogen-bond donors (Lipinski definition) is 1. The van der Waals surface area contributed by atoms with Crippen LogP contribution in [0.5, 0.6) is 0 Å². The van der Waals surface area contributed by atoms with Crippen LogP contribution < -0.4 is 0 Å². The Labute approximate surface area is 92.8 Å². The van der Waals surface area contributed by atoms with Crippen molar-refractivity contribution in [3.8, 4) is 0 Å². The summed E-state index contributed by atoms with van der Waals surface area (Å²) in [6.07, 6.45) is -0.993. The number of rotatable bonds is 3. The van der Waals surface area contributed by atoms with Crippen LogP contribution in [-0.2, 0) is 9.53 Å². The van der Waals surface area contributed by atoms with Crippen molar-refractivity contribution in [3.63, 3.8) is 0 Å². The van der Waals surface area contributed by atoms with Crippen molar-refractivity contribution in [2.75, 3.05) is 7.11 Å². The molecule has 0 radical (unpaired) electrons. The molecular formula is C10H12ClNO3. The fourth-order valence-corrected chi connectivity index (χ4v) is 1.46. The van der Waals surface area contributed by atoms with E-state index in [1.807, 2.05) is 0 Å². The number of halogens is 1. The van der Waals surface area contributed by atoms with E-state index >= 15 is 0 Å². The van der Waals surface area contributed by atoms with E-state index < -0.39 is 12.1 Å². The molecular weight excluding hydrogens is 218 g/mol. The van der Waals surface area contributed by atoms with Crippen LogP contribution in [0.3, 0.4) is 0 Å². The molecule has 0 aliphatic rings. The highest BCUT2D eigenvalue weighted by Crippen LogP contribution is 2.20. The second-order valence-electron chi connectivity index (χ2n) is 3.16. The molecule has 1 aromatic rings. The van der Waals surface area contributed by atoms with E-state index in [1.165, 1.54) is 13.2 Å². The third-order valence-electron chi connectivity index (χ3n) is 1.92. The van der Waals surface area contributed by atoms with Gasteiger partial charge in [0, 0.05) is 5.69 Å². The maximum atomic E-state index is 10.9. The summed E-state index contributed by atoms with van der Waals surface area (Å²) in [5.41, 5.74) is 1.26. The van der Waals surface area contributed by atoms with E-state index in [0.717, 1.165) is 0 Å². The van der Waals surface area contributed by atoms with E-state index in [2.05, 4.69) is 9.72 Å². The first-order valence-corrected chi connectivity index (χ1v) is 4.79. The SMILES string of the molecule is COC(=O)C[C@H](O)c1cc(C)nc(Cl)c1. The Kier molecular flexibility index (Phi) is 4.05. The number of carbonyl (C=O) groups excluding carboxylic acids is 1. The largest absolute Gasteiger partial charge is 0.469 e. The van der Waals surface area contributed by atoms with Gasteiger partial charge in [-0.1, -0.05) is 11.6 Å².